The lowest BCUT2D eigenvalue weighted by molar-refractivity contribution is -0.122. The first-order valence-corrected chi connectivity index (χ1v) is 12.9. The fourth-order valence-electron chi connectivity index (χ4n) is 4.54. The zero-order valence-electron chi connectivity index (χ0n) is 18.0. The average Bonchev–Trinajstić information content (AvgIpc) is 3.15. The quantitative estimate of drug-likeness (QED) is 0.689. The summed E-state index contributed by atoms with van der Waals surface area (Å²) in [6.45, 7) is 2.86. The molecule has 0 radical (unpaired) electrons. The Morgan fingerprint density at radius 2 is 1.84 bits per heavy atom. The summed E-state index contributed by atoms with van der Waals surface area (Å²) < 4.78 is 28.9. The number of ether oxygens (including phenoxy) is 1. The van der Waals surface area contributed by atoms with Gasteiger partial charge in [0.05, 0.1) is 23.6 Å². The monoisotopic (exact) mass is 477 g/mol. The van der Waals surface area contributed by atoms with Crippen molar-refractivity contribution in [2.45, 2.75) is 18.5 Å². The van der Waals surface area contributed by atoms with Gasteiger partial charge in [-0.1, -0.05) is 41.9 Å². The van der Waals surface area contributed by atoms with E-state index < -0.39 is 15.9 Å². The van der Waals surface area contributed by atoms with Gasteiger partial charge in [0.25, 0.3) is 0 Å². The van der Waals surface area contributed by atoms with Gasteiger partial charge in [-0.05, 0) is 30.2 Å². The molecular weight excluding hydrogens is 450 g/mol. The normalized spacial score (nSPS) is 22.4. The zero-order valence-corrected chi connectivity index (χ0v) is 19.6. The highest BCUT2D eigenvalue weighted by atomic mass is 35.5. The van der Waals surface area contributed by atoms with Crippen molar-refractivity contribution in [2.24, 2.45) is 0 Å². The van der Waals surface area contributed by atoms with E-state index in [0.717, 1.165) is 18.7 Å². The number of hydrogen-bond donors (Lipinski definition) is 1. The first-order valence-electron chi connectivity index (χ1n) is 10.7. The number of methoxy groups -OCH3 is 1. The Balaban J connectivity index is 1.48. The number of anilines is 1. The Morgan fingerprint density at radius 1 is 1.12 bits per heavy atom. The maximum atomic E-state index is 13.4. The molecule has 2 aromatic carbocycles. The molecule has 2 unspecified atom stereocenters. The van der Waals surface area contributed by atoms with Crippen LogP contribution in [-0.4, -0.2) is 75.0 Å². The molecule has 1 amide bonds. The Hall–Kier alpha value is -2.13. The first kappa shape index (κ1) is 23.0. The summed E-state index contributed by atoms with van der Waals surface area (Å²) >= 11 is 6.22. The number of nitrogens with one attached hydrogen (secondary N) is 1. The van der Waals surface area contributed by atoms with E-state index in [9.17, 15) is 13.2 Å². The summed E-state index contributed by atoms with van der Waals surface area (Å²) in [5, 5.41) is 3.43. The Labute approximate surface area is 194 Å². The van der Waals surface area contributed by atoms with Gasteiger partial charge < -0.3 is 10.1 Å². The van der Waals surface area contributed by atoms with Gasteiger partial charge in [-0.25, -0.2) is 8.42 Å². The van der Waals surface area contributed by atoms with Crippen LogP contribution in [0.15, 0.2) is 48.5 Å². The van der Waals surface area contributed by atoms with Gasteiger partial charge in [-0.3, -0.25) is 14.6 Å². The Morgan fingerprint density at radius 3 is 2.44 bits per heavy atom. The van der Waals surface area contributed by atoms with E-state index in [4.69, 9.17) is 16.3 Å². The second-order valence-corrected chi connectivity index (χ2v) is 10.9. The van der Waals surface area contributed by atoms with Gasteiger partial charge in [0.15, 0.2) is 9.84 Å². The maximum Gasteiger partial charge on any atom is 0.246 e. The van der Waals surface area contributed by atoms with E-state index in [1.807, 2.05) is 30.3 Å². The Bertz CT molecular complexity index is 1060. The molecule has 2 aromatic rings. The number of piperazine rings is 1. The highest BCUT2D eigenvalue weighted by molar-refractivity contribution is 7.91. The summed E-state index contributed by atoms with van der Waals surface area (Å²) in [4.78, 5) is 17.8. The molecule has 2 saturated heterocycles. The van der Waals surface area contributed by atoms with Crippen molar-refractivity contribution >= 4 is 33.0 Å². The number of rotatable bonds is 6. The van der Waals surface area contributed by atoms with Crippen molar-refractivity contribution in [1.82, 2.24) is 9.80 Å². The molecule has 0 aromatic heterocycles. The fourth-order valence-corrected chi connectivity index (χ4v) is 6.56. The van der Waals surface area contributed by atoms with E-state index in [1.165, 1.54) is 0 Å². The van der Waals surface area contributed by atoms with Gasteiger partial charge in [0, 0.05) is 37.9 Å². The summed E-state index contributed by atoms with van der Waals surface area (Å²) in [6, 6.07) is 14.5. The van der Waals surface area contributed by atoms with E-state index in [-0.39, 0.29) is 23.5 Å². The van der Waals surface area contributed by atoms with Crippen molar-refractivity contribution in [1.29, 1.82) is 0 Å². The van der Waals surface area contributed by atoms with Crippen LogP contribution in [0, 0.1) is 0 Å². The summed E-state index contributed by atoms with van der Waals surface area (Å²) in [5.41, 5.74) is 1.53. The lowest BCUT2D eigenvalue weighted by atomic mass is 10.0. The smallest absolute Gasteiger partial charge is 0.246 e. The second kappa shape index (κ2) is 9.79. The number of halogens is 1. The number of amides is 1. The highest BCUT2D eigenvalue weighted by Crippen LogP contribution is 2.30. The molecule has 2 atom stereocenters. The summed E-state index contributed by atoms with van der Waals surface area (Å²) in [5.74, 6) is 0.939. The third-order valence-electron chi connectivity index (χ3n) is 6.22. The average molecular weight is 478 g/mol. The van der Waals surface area contributed by atoms with Crippen molar-refractivity contribution in [3.8, 4) is 5.75 Å². The highest BCUT2D eigenvalue weighted by Gasteiger charge is 2.36. The molecule has 2 heterocycles. The van der Waals surface area contributed by atoms with Crippen LogP contribution in [0.3, 0.4) is 0 Å². The lowest BCUT2D eigenvalue weighted by Crippen LogP contribution is -2.53. The molecule has 2 aliphatic heterocycles. The molecule has 0 bridgehead atoms. The molecule has 0 saturated carbocycles. The summed E-state index contributed by atoms with van der Waals surface area (Å²) in [7, 11) is -1.37. The molecule has 172 valence electrons. The van der Waals surface area contributed by atoms with Gasteiger partial charge in [-0.15, -0.1) is 0 Å². The largest absolute Gasteiger partial charge is 0.495 e. The van der Waals surface area contributed by atoms with E-state index >= 15 is 0 Å². The number of nitrogens with zero attached hydrogens (tertiary/aromatic N) is 2. The molecule has 0 aliphatic carbocycles. The molecule has 4 rings (SSSR count). The second-order valence-electron chi connectivity index (χ2n) is 8.28. The molecule has 32 heavy (non-hydrogen) atoms. The predicted molar refractivity (Wildman–Crippen MR) is 126 cm³/mol. The molecule has 7 nitrogen and oxygen atoms in total. The molecule has 2 fully saturated rings. The van der Waals surface area contributed by atoms with Crippen LogP contribution in [0.1, 0.15) is 18.0 Å². The van der Waals surface area contributed by atoms with Crippen LogP contribution in [0.25, 0.3) is 0 Å². The minimum Gasteiger partial charge on any atom is -0.495 e. The number of carbonyl (C=O) groups excluding carboxylic acids is 1. The maximum absolute atomic E-state index is 13.4. The van der Waals surface area contributed by atoms with Crippen LogP contribution >= 0.6 is 11.6 Å². The minimum absolute atomic E-state index is 0.0904. The first-order chi connectivity index (χ1) is 15.4. The molecule has 0 spiro atoms. The third-order valence-corrected chi connectivity index (χ3v) is 8.27. The SMILES string of the molecule is COc1ccc(NC(=O)C(c2ccccc2)N2CCN(C3CCS(=O)(=O)C3)CC2)cc1Cl. The number of benzene rings is 2. The molecular formula is C23H28ClN3O4S. The third kappa shape index (κ3) is 5.26. The van der Waals surface area contributed by atoms with Crippen molar-refractivity contribution in [3.63, 3.8) is 0 Å². The molecule has 1 N–H and O–H groups in total. The number of carbonyl (C=O) groups is 1. The topological polar surface area (TPSA) is 79.0 Å². The fraction of sp³-hybridized carbons (Fsp3) is 0.435. The van der Waals surface area contributed by atoms with E-state index in [0.29, 0.717) is 36.0 Å². The number of hydrogen-bond acceptors (Lipinski definition) is 6. The molecule has 2 aliphatic rings. The van der Waals surface area contributed by atoms with Gasteiger partial charge in [0.2, 0.25) is 5.91 Å². The van der Waals surface area contributed by atoms with Crippen LogP contribution in [-0.2, 0) is 14.6 Å². The van der Waals surface area contributed by atoms with Crippen LogP contribution in [0.4, 0.5) is 5.69 Å². The Kier molecular flexibility index (Phi) is 7.05. The van der Waals surface area contributed by atoms with Crippen molar-refractivity contribution < 1.29 is 17.9 Å². The zero-order chi connectivity index (χ0) is 22.7. The summed E-state index contributed by atoms with van der Waals surface area (Å²) in [6.07, 6.45) is 0.698. The van der Waals surface area contributed by atoms with E-state index in [1.54, 1.807) is 25.3 Å². The standard InChI is InChI=1S/C23H28ClN3O4S/c1-31-21-8-7-18(15-20(21)24)25-23(28)22(17-5-3-2-4-6-17)27-12-10-26(11-13-27)19-9-14-32(29,30)16-19/h2-8,15,19,22H,9-14,16H2,1H3,(H,25,28). The van der Waals surface area contributed by atoms with Crippen LogP contribution < -0.4 is 10.1 Å². The lowest BCUT2D eigenvalue weighted by Gasteiger charge is -2.40. The number of sulfone groups is 1. The van der Waals surface area contributed by atoms with Crippen LogP contribution in [0.5, 0.6) is 5.75 Å². The van der Waals surface area contributed by atoms with Gasteiger partial charge >= 0.3 is 0 Å². The van der Waals surface area contributed by atoms with Gasteiger partial charge in [0.1, 0.15) is 11.8 Å². The molecule has 9 heteroatoms. The van der Waals surface area contributed by atoms with E-state index in [2.05, 4.69) is 15.1 Å². The van der Waals surface area contributed by atoms with Gasteiger partial charge in [-0.2, -0.15) is 0 Å². The van der Waals surface area contributed by atoms with Crippen LogP contribution in [0.2, 0.25) is 5.02 Å². The van der Waals surface area contributed by atoms with Crippen molar-refractivity contribution in [3.05, 3.63) is 59.1 Å². The predicted octanol–water partition coefficient (Wildman–Crippen LogP) is 2.83. The van der Waals surface area contributed by atoms with Crippen molar-refractivity contribution in [2.75, 3.05) is 50.1 Å². The minimum atomic E-state index is -2.91.